The van der Waals surface area contributed by atoms with Gasteiger partial charge in [-0.3, -0.25) is 0 Å². The Labute approximate surface area is 86.4 Å². The van der Waals surface area contributed by atoms with Crippen molar-refractivity contribution in [2.45, 2.75) is 44.8 Å². The Kier molecular flexibility index (Phi) is 5.45. The molecule has 1 rings (SSSR count). The molecule has 3 heteroatoms. The molecule has 0 radical (unpaired) electrons. The van der Waals surface area contributed by atoms with Crippen molar-refractivity contribution in [2.24, 2.45) is 5.92 Å². The molecule has 0 saturated heterocycles. The first kappa shape index (κ1) is 12.0. The maximum Gasteiger partial charge on any atom is 0.0784 e. The molecule has 1 aliphatic carbocycles. The third-order valence-corrected chi connectivity index (χ3v) is 2.88. The highest BCUT2D eigenvalue weighted by atomic mass is 16.5. The van der Waals surface area contributed by atoms with Crippen molar-refractivity contribution < 1.29 is 14.6 Å². The van der Waals surface area contributed by atoms with Crippen LogP contribution in [-0.4, -0.2) is 37.6 Å². The lowest BCUT2D eigenvalue weighted by molar-refractivity contribution is -0.0590. The fourth-order valence-corrected chi connectivity index (χ4v) is 2.05. The number of hydrogen-bond acceptors (Lipinski definition) is 3. The van der Waals surface area contributed by atoms with Gasteiger partial charge in [0.1, 0.15) is 0 Å². The second-order valence-electron chi connectivity index (χ2n) is 4.23. The summed E-state index contributed by atoms with van der Waals surface area (Å²) in [4.78, 5) is 0. The first-order chi connectivity index (χ1) is 6.76. The smallest absolute Gasteiger partial charge is 0.0784 e. The van der Waals surface area contributed by atoms with Crippen molar-refractivity contribution in [3.63, 3.8) is 0 Å². The molecular weight excluding hydrogens is 180 g/mol. The number of aliphatic hydroxyl groups excluding tert-OH is 1. The monoisotopic (exact) mass is 202 g/mol. The molecule has 1 atom stereocenters. The molecule has 0 aromatic heterocycles. The highest BCUT2D eigenvalue weighted by Crippen LogP contribution is 2.26. The zero-order valence-electron chi connectivity index (χ0n) is 9.24. The van der Waals surface area contributed by atoms with Crippen LogP contribution < -0.4 is 0 Å². The van der Waals surface area contributed by atoms with E-state index in [0.717, 1.165) is 25.7 Å². The number of ether oxygens (including phenoxy) is 2. The van der Waals surface area contributed by atoms with Crippen LogP contribution in [0.5, 0.6) is 0 Å². The van der Waals surface area contributed by atoms with Crippen LogP contribution >= 0.6 is 0 Å². The lowest BCUT2D eigenvalue weighted by atomic mass is 9.88. The first-order valence-corrected chi connectivity index (χ1v) is 5.51. The SMILES string of the molecule is COCC(C)OC1CCC(CO)CC1. The summed E-state index contributed by atoms with van der Waals surface area (Å²) >= 11 is 0. The molecule has 0 spiro atoms. The summed E-state index contributed by atoms with van der Waals surface area (Å²) in [7, 11) is 1.70. The van der Waals surface area contributed by atoms with Crippen molar-refractivity contribution in [3.8, 4) is 0 Å². The number of aliphatic hydroxyl groups is 1. The summed E-state index contributed by atoms with van der Waals surface area (Å²) in [6, 6.07) is 0. The van der Waals surface area contributed by atoms with E-state index in [-0.39, 0.29) is 6.10 Å². The average Bonchev–Trinajstić information content (AvgIpc) is 2.19. The van der Waals surface area contributed by atoms with Crippen molar-refractivity contribution in [3.05, 3.63) is 0 Å². The van der Waals surface area contributed by atoms with Crippen LogP contribution in [-0.2, 0) is 9.47 Å². The first-order valence-electron chi connectivity index (χ1n) is 5.51. The van der Waals surface area contributed by atoms with E-state index in [0.29, 0.717) is 25.2 Å². The van der Waals surface area contributed by atoms with Gasteiger partial charge in [0, 0.05) is 13.7 Å². The van der Waals surface area contributed by atoms with Gasteiger partial charge in [-0.2, -0.15) is 0 Å². The van der Waals surface area contributed by atoms with E-state index in [4.69, 9.17) is 14.6 Å². The highest BCUT2D eigenvalue weighted by molar-refractivity contribution is 4.73. The van der Waals surface area contributed by atoms with Gasteiger partial charge in [-0.05, 0) is 38.5 Å². The molecule has 0 aromatic carbocycles. The Hall–Kier alpha value is -0.120. The van der Waals surface area contributed by atoms with Crippen molar-refractivity contribution in [1.29, 1.82) is 0 Å². The summed E-state index contributed by atoms with van der Waals surface area (Å²) in [5.74, 6) is 0.507. The fourth-order valence-electron chi connectivity index (χ4n) is 2.05. The molecule has 0 aromatic rings. The minimum absolute atomic E-state index is 0.190. The van der Waals surface area contributed by atoms with Crippen LogP contribution in [0.1, 0.15) is 32.6 Å². The Morgan fingerprint density at radius 1 is 1.29 bits per heavy atom. The molecule has 0 amide bonds. The van der Waals surface area contributed by atoms with Crippen molar-refractivity contribution in [1.82, 2.24) is 0 Å². The van der Waals surface area contributed by atoms with Gasteiger partial charge in [-0.1, -0.05) is 0 Å². The maximum atomic E-state index is 8.98. The van der Waals surface area contributed by atoms with Crippen LogP contribution in [0, 0.1) is 5.92 Å². The van der Waals surface area contributed by atoms with Gasteiger partial charge in [-0.25, -0.2) is 0 Å². The van der Waals surface area contributed by atoms with Gasteiger partial charge < -0.3 is 14.6 Å². The average molecular weight is 202 g/mol. The molecular formula is C11H22O3. The van der Waals surface area contributed by atoms with Gasteiger partial charge in [0.15, 0.2) is 0 Å². The summed E-state index contributed by atoms with van der Waals surface area (Å²) in [6.45, 7) is 3.04. The van der Waals surface area contributed by atoms with E-state index in [9.17, 15) is 0 Å². The Morgan fingerprint density at radius 3 is 2.43 bits per heavy atom. The van der Waals surface area contributed by atoms with Crippen molar-refractivity contribution >= 4 is 0 Å². The van der Waals surface area contributed by atoms with E-state index in [2.05, 4.69) is 0 Å². The molecule has 0 bridgehead atoms. The molecule has 0 aliphatic heterocycles. The third kappa shape index (κ3) is 3.95. The van der Waals surface area contributed by atoms with E-state index in [1.165, 1.54) is 0 Å². The maximum absolute atomic E-state index is 8.98. The fraction of sp³-hybridized carbons (Fsp3) is 1.00. The second kappa shape index (κ2) is 6.38. The zero-order chi connectivity index (χ0) is 10.4. The normalized spacial score (nSPS) is 30.2. The van der Waals surface area contributed by atoms with Crippen LogP contribution in [0.4, 0.5) is 0 Å². The number of rotatable bonds is 5. The molecule has 0 heterocycles. The Bertz CT molecular complexity index is 141. The lowest BCUT2D eigenvalue weighted by Gasteiger charge is -2.29. The third-order valence-electron chi connectivity index (χ3n) is 2.88. The number of methoxy groups -OCH3 is 1. The molecule has 1 unspecified atom stereocenters. The minimum Gasteiger partial charge on any atom is -0.396 e. The largest absolute Gasteiger partial charge is 0.396 e. The Morgan fingerprint density at radius 2 is 1.93 bits per heavy atom. The van der Waals surface area contributed by atoms with Crippen LogP contribution in [0.3, 0.4) is 0 Å². The Balaban J connectivity index is 2.15. The summed E-state index contributed by atoms with van der Waals surface area (Å²) in [5.41, 5.74) is 0. The summed E-state index contributed by atoms with van der Waals surface area (Å²) in [6.07, 6.45) is 4.93. The molecule has 1 N–H and O–H groups in total. The predicted octanol–water partition coefficient (Wildman–Crippen LogP) is 1.59. The summed E-state index contributed by atoms with van der Waals surface area (Å²) in [5, 5.41) is 8.98. The highest BCUT2D eigenvalue weighted by Gasteiger charge is 2.22. The predicted molar refractivity (Wildman–Crippen MR) is 55.3 cm³/mol. The van der Waals surface area contributed by atoms with E-state index < -0.39 is 0 Å². The second-order valence-corrected chi connectivity index (χ2v) is 4.23. The topological polar surface area (TPSA) is 38.7 Å². The molecule has 1 saturated carbocycles. The van der Waals surface area contributed by atoms with Gasteiger partial charge >= 0.3 is 0 Å². The molecule has 1 aliphatic rings. The molecule has 14 heavy (non-hydrogen) atoms. The lowest BCUT2D eigenvalue weighted by Crippen LogP contribution is -2.28. The van der Waals surface area contributed by atoms with Gasteiger partial charge in [0.25, 0.3) is 0 Å². The van der Waals surface area contributed by atoms with Crippen LogP contribution in [0.25, 0.3) is 0 Å². The number of hydrogen-bond donors (Lipinski definition) is 1. The van der Waals surface area contributed by atoms with E-state index in [1.807, 2.05) is 6.92 Å². The zero-order valence-corrected chi connectivity index (χ0v) is 9.24. The molecule has 1 fully saturated rings. The van der Waals surface area contributed by atoms with Crippen LogP contribution in [0.2, 0.25) is 0 Å². The minimum atomic E-state index is 0.190. The quantitative estimate of drug-likeness (QED) is 0.735. The molecule has 3 nitrogen and oxygen atoms in total. The van der Waals surface area contributed by atoms with Gasteiger partial charge in [0.2, 0.25) is 0 Å². The van der Waals surface area contributed by atoms with Crippen molar-refractivity contribution in [2.75, 3.05) is 20.3 Å². The summed E-state index contributed by atoms with van der Waals surface area (Å²) < 4.78 is 10.8. The molecule has 84 valence electrons. The van der Waals surface area contributed by atoms with Gasteiger partial charge in [0.05, 0.1) is 18.8 Å². The van der Waals surface area contributed by atoms with Crippen LogP contribution in [0.15, 0.2) is 0 Å². The van der Waals surface area contributed by atoms with E-state index >= 15 is 0 Å². The van der Waals surface area contributed by atoms with E-state index in [1.54, 1.807) is 7.11 Å². The van der Waals surface area contributed by atoms with Gasteiger partial charge in [-0.15, -0.1) is 0 Å². The standard InChI is InChI=1S/C11H22O3/c1-9(8-13-2)14-11-5-3-10(7-12)4-6-11/h9-12H,3-8H2,1-2H3.